The standard InChI is InChI=1S/C10H11BrN2O/c11-8-3-7(5-12-6-8)4-10(14)13-9-1-2-9/h3,5-6,9H,1-2,4H2,(H,13,14). The van der Waals surface area contributed by atoms with Gasteiger partial charge in [-0.3, -0.25) is 9.78 Å². The zero-order valence-electron chi connectivity index (χ0n) is 7.66. The average Bonchev–Trinajstić information content (AvgIpc) is 2.87. The highest BCUT2D eigenvalue weighted by molar-refractivity contribution is 9.10. The summed E-state index contributed by atoms with van der Waals surface area (Å²) in [5.74, 6) is 0.0902. The smallest absolute Gasteiger partial charge is 0.224 e. The largest absolute Gasteiger partial charge is 0.353 e. The fraction of sp³-hybridized carbons (Fsp3) is 0.400. The summed E-state index contributed by atoms with van der Waals surface area (Å²) in [4.78, 5) is 15.4. The van der Waals surface area contributed by atoms with Crippen LogP contribution in [0.1, 0.15) is 18.4 Å². The minimum Gasteiger partial charge on any atom is -0.353 e. The monoisotopic (exact) mass is 254 g/mol. The molecule has 1 fully saturated rings. The van der Waals surface area contributed by atoms with E-state index >= 15 is 0 Å². The molecule has 14 heavy (non-hydrogen) atoms. The lowest BCUT2D eigenvalue weighted by molar-refractivity contribution is -0.120. The molecule has 4 heteroatoms. The highest BCUT2D eigenvalue weighted by Gasteiger charge is 2.22. The van der Waals surface area contributed by atoms with Crippen molar-refractivity contribution < 1.29 is 4.79 Å². The summed E-state index contributed by atoms with van der Waals surface area (Å²) in [6.45, 7) is 0. The molecule has 1 aromatic heterocycles. The third-order valence-electron chi connectivity index (χ3n) is 2.07. The zero-order chi connectivity index (χ0) is 9.97. The molecule has 1 aromatic rings. The number of nitrogens with zero attached hydrogens (tertiary/aromatic N) is 1. The predicted octanol–water partition coefficient (Wildman–Crippen LogP) is 1.67. The Morgan fingerprint density at radius 3 is 3.00 bits per heavy atom. The first-order chi connectivity index (χ1) is 6.74. The van der Waals surface area contributed by atoms with Crippen molar-refractivity contribution in [3.8, 4) is 0 Å². The van der Waals surface area contributed by atoms with Crippen LogP contribution in [0.2, 0.25) is 0 Å². The third-order valence-corrected chi connectivity index (χ3v) is 2.50. The Kier molecular flexibility index (Phi) is 2.82. The van der Waals surface area contributed by atoms with Gasteiger partial charge in [0.2, 0.25) is 5.91 Å². The number of halogens is 1. The van der Waals surface area contributed by atoms with E-state index in [2.05, 4.69) is 26.2 Å². The maximum absolute atomic E-state index is 11.4. The quantitative estimate of drug-likeness (QED) is 0.892. The minimum absolute atomic E-state index is 0.0902. The number of carbonyl (C=O) groups excluding carboxylic acids is 1. The molecule has 0 aliphatic heterocycles. The summed E-state index contributed by atoms with van der Waals surface area (Å²) in [6.07, 6.45) is 6.10. The minimum atomic E-state index is 0.0902. The van der Waals surface area contributed by atoms with Gasteiger partial charge in [0.1, 0.15) is 0 Å². The topological polar surface area (TPSA) is 42.0 Å². The first kappa shape index (κ1) is 9.65. The van der Waals surface area contributed by atoms with Crippen LogP contribution in [0.3, 0.4) is 0 Å². The molecule has 2 rings (SSSR count). The summed E-state index contributed by atoms with van der Waals surface area (Å²) >= 11 is 3.32. The van der Waals surface area contributed by atoms with Crippen molar-refractivity contribution in [1.29, 1.82) is 0 Å². The molecule has 1 N–H and O–H groups in total. The van der Waals surface area contributed by atoms with Crippen molar-refractivity contribution in [3.63, 3.8) is 0 Å². The lowest BCUT2D eigenvalue weighted by Gasteiger charge is -2.02. The van der Waals surface area contributed by atoms with E-state index in [0.717, 1.165) is 22.9 Å². The number of nitrogens with one attached hydrogen (secondary N) is 1. The van der Waals surface area contributed by atoms with Crippen molar-refractivity contribution in [2.24, 2.45) is 0 Å². The van der Waals surface area contributed by atoms with E-state index in [9.17, 15) is 4.79 Å². The van der Waals surface area contributed by atoms with Gasteiger partial charge in [0.05, 0.1) is 6.42 Å². The molecule has 1 aliphatic carbocycles. The molecule has 0 atom stereocenters. The number of aromatic nitrogens is 1. The third kappa shape index (κ3) is 2.80. The second kappa shape index (κ2) is 4.09. The van der Waals surface area contributed by atoms with Crippen LogP contribution in [0.15, 0.2) is 22.9 Å². The second-order valence-corrected chi connectivity index (χ2v) is 4.45. The van der Waals surface area contributed by atoms with Crippen LogP contribution in [0, 0.1) is 0 Å². The van der Waals surface area contributed by atoms with Crippen LogP contribution in [-0.4, -0.2) is 16.9 Å². The fourth-order valence-electron chi connectivity index (χ4n) is 1.24. The maximum atomic E-state index is 11.4. The van der Waals surface area contributed by atoms with E-state index in [0.29, 0.717) is 12.5 Å². The molecule has 0 saturated heterocycles. The zero-order valence-corrected chi connectivity index (χ0v) is 9.25. The SMILES string of the molecule is O=C(Cc1cncc(Br)c1)NC1CC1. The van der Waals surface area contributed by atoms with E-state index < -0.39 is 0 Å². The first-order valence-corrected chi connectivity index (χ1v) is 5.42. The summed E-state index contributed by atoms with van der Waals surface area (Å²) < 4.78 is 0.911. The number of rotatable bonds is 3. The molecule has 3 nitrogen and oxygen atoms in total. The number of amides is 1. The number of pyridine rings is 1. The molecule has 1 heterocycles. The van der Waals surface area contributed by atoms with Crippen molar-refractivity contribution in [1.82, 2.24) is 10.3 Å². The number of hydrogen-bond donors (Lipinski definition) is 1. The molecule has 74 valence electrons. The average molecular weight is 255 g/mol. The van der Waals surface area contributed by atoms with Gasteiger partial charge in [-0.15, -0.1) is 0 Å². The Morgan fingerprint density at radius 1 is 1.57 bits per heavy atom. The van der Waals surface area contributed by atoms with E-state index in [1.165, 1.54) is 0 Å². The van der Waals surface area contributed by atoms with Crippen LogP contribution in [0.25, 0.3) is 0 Å². The Labute approximate surface area is 91.0 Å². The van der Waals surface area contributed by atoms with Gasteiger partial charge in [0, 0.05) is 22.9 Å². The van der Waals surface area contributed by atoms with Crippen molar-refractivity contribution in [2.75, 3.05) is 0 Å². The molecule has 0 spiro atoms. The van der Waals surface area contributed by atoms with Gasteiger partial charge in [-0.05, 0) is 40.4 Å². The van der Waals surface area contributed by atoms with E-state index in [1.807, 2.05) is 6.07 Å². The summed E-state index contributed by atoms with van der Waals surface area (Å²) in [6, 6.07) is 2.35. The van der Waals surface area contributed by atoms with Gasteiger partial charge in [0.15, 0.2) is 0 Å². The van der Waals surface area contributed by atoms with E-state index in [-0.39, 0.29) is 5.91 Å². The number of carbonyl (C=O) groups is 1. The van der Waals surface area contributed by atoms with E-state index in [4.69, 9.17) is 0 Å². The molecule has 0 bridgehead atoms. The van der Waals surface area contributed by atoms with Crippen molar-refractivity contribution in [2.45, 2.75) is 25.3 Å². The molecule has 0 unspecified atom stereocenters. The van der Waals surface area contributed by atoms with Crippen LogP contribution < -0.4 is 5.32 Å². The Hall–Kier alpha value is -0.900. The lowest BCUT2D eigenvalue weighted by atomic mass is 10.2. The van der Waals surface area contributed by atoms with Crippen LogP contribution in [-0.2, 0) is 11.2 Å². The van der Waals surface area contributed by atoms with Gasteiger partial charge in [0.25, 0.3) is 0 Å². The summed E-state index contributed by atoms with van der Waals surface area (Å²) in [7, 11) is 0. The Balaban J connectivity index is 1.92. The predicted molar refractivity (Wildman–Crippen MR) is 56.8 cm³/mol. The molecule has 0 aromatic carbocycles. The Bertz CT molecular complexity index is 350. The van der Waals surface area contributed by atoms with Gasteiger partial charge in [-0.2, -0.15) is 0 Å². The molecule has 1 saturated carbocycles. The van der Waals surface area contributed by atoms with Gasteiger partial charge >= 0.3 is 0 Å². The van der Waals surface area contributed by atoms with Gasteiger partial charge in [-0.1, -0.05) is 0 Å². The molecule has 1 amide bonds. The highest BCUT2D eigenvalue weighted by Crippen LogP contribution is 2.18. The van der Waals surface area contributed by atoms with Gasteiger partial charge in [-0.25, -0.2) is 0 Å². The van der Waals surface area contributed by atoms with Crippen molar-refractivity contribution in [3.05, 3.63) is 28.5 Å². The lowest BCUT2D eigenvalue weighted by Crippen LogP contribution is -2.26. The molecular weight excluding hydrogens is 244 g/mol. The van der Waals surface area contributed by atoms with Gasteiger partial charge < -0.3 is 5.32 Å². The van der Waals surface area contributed by atoms with Crippen LogP contribution >= 0.6 is 15.9 Å². The Morgan fingerprint density at radius 2 is 2.36 bits per heavy atom. The van der Waals surface area contributed by atoms with E-state index in [1.54, 1.807) is 12.4 Å². The maximum Gasteiger partial charge on any atom is 0.224 e. The normalized spacial score (nSPS) is 15.2. The highest BCUT2D eigenvalue weighted by atomic mass is 79.9. The molecular formula is C10H11BrN2O. The first-order valence-electron chi connectivity index (χ1n) is 4.63. The van der Waals surface area contributed by atoms with Crippen molar-refractivity contribution >= 4 is 21.8 Å². The molecule has 0 radical (unpaired) electrons. The number of hydrogen-bond acceptors (Lipinski definition) is 2. The fourth-order valence-corrected chi connectivity index (χ4v) is 1.66. The molecule has 1 aliphatic rings. The second-order valence-electron chi connectivity index (χ2n) is 3.53. The van der Waals surface area contributed by atoms with Crippen LogP contribution in [0.5, 0.6) is 0 Å². The summed E-state index contributed by atoms with van der Waals surface area (Å²) in [5.41, 5.74) is 0.942. The summed E-state index contributed by atoms with van der Waals surface area (Å²) in [5, 5.41) is 2.94. The van der Waals surface area contributed by atoms with Crippen LogP contribution in [0.4, 0.5) is 0 Å².